The molecule has 1 atom stereocenters. The SMILES string of the molecule is CNC(COc1ccc(F)c(C)c1)c1cccc(F)c1F. The lowest BCUT2D eigenvalue weighted by molar-refractivity contribution is 0.268. The highest BCUT2D eigenvalue weighted by Gasteiger charge is 2.17. The van der Waals surface area contributed by atoms with Crippen LogP contribution in [0.2, 0.25) is 0 Å². The summed E-state index contributed by atoms with van der Waals surface area (Å²) in [5.41, 5.74) is 0.654. The van der Waals surface area contributed by atoms with Gasteiger partial charge in [-0.2, -0.15) is 0 Å². The molecule has 5 heteroatoms. The summed E-state index contributed by atoms with van der Waals surface area (Å²) in [5.74, 6) is -1.63. The molecule has 0 spiro atoms. The van der Waals surface area contributed by atoms with Crippen molar-refractivity contribution in [3.05, 3.63) is 65.0 Å². The van der Waals surface area contributed by atoms with E-state index in [0.717, 1.165) is 6.07 Å². The predicted octanol–water partition coefficient (Wildman–Crippen LogP) is 3.75. The smallest absolute Gasteiger partial charge is 0.163 e. The lowest BCUT2D eigenvalue weighted by Gasteiger charge is -2.18. The Morgan fingerprint density at radius 2 is 1.86 bits per heavy atom. The average Bonchev–Trinajstić information content (AvgIpc) is 2.47. The standard InChI is InChI=1S/C16H16F3NO/c1-10-8-11(6-7-13(10)17)21-9-15(20-2)12-4-3-5-14(18)16(12)19/h3-8,15,20H,9H2,1-2H3. The van der Waals surface area contributed by atoms with E-state index in [2.05, 4.69) is 5.32 Å². The maximum atomic E-state index is 13.8. The van der Waals surface area contributed by atoms with Crippen LogP contribution in [-0.2, 0) is 0 Å². The molecule has 0 saturated carbocycles. The Labute approximate surface area is 121 Å². The van der Waals surface area contributed by atoms with E-state index in [4.69, 9.17) is 4.74 Å². The molecular formula is C16H16F3NO. The molecule has 0 saturated heterocycles. The van der Waals surface area contributed by atoms with Crippen molar-refractivity contribution in [2.75, 3.05) is 13.7 Å². The van der Waals surface area contributed by atoms with Crippen LogP contribution in [0.4, 0.5) is 13.2 Å². The molecule has 0 heterocycles. The summed E-state index contributed by atoms with van der Waals surface area (Å²) >= 11 is 0. The van der Waals surface area contributed by atoms with Gasteiger partial charge in [0.2, 0.25) is 0 Å². The third kappa shape index (κ3) is 3.55. The largest absolute Gasteiger partial charge is 0.492 e. The van der Waals surface area contributed by atoms with Gasteiger partial charge in [0.05, 0.1) is 6.04 Å². The normalized spacial score (nSPS) is 12.2. The number of likely N-dealkylation sites (N-methyl/N-ethyl adjacent to an activating group) is 1. The van der Waals surface area contributed by atoms with Gasteiger partial charge in [-0.25, -0.2) is 13.2 Å². The molecule has 112 valence electrons. The molecule has 0 radical (unpaired) electrons. The van der Waals surface area contributed by atoms with Crippen molar-refractivity contribution < 1.29 is 17.9 Å². The second-order valence-corrected chi connectivity index (χ2v) is 4.71. The molecule has 2 aromatic carbocycles. The monoisotopic (exact) mass is 295 g/mol. The van der Waals surface area contributed by atoms with Crippen LogP contribution in [0.25, 0.3) is 0 Å². The zero-order valence-corrected chi connectivity index (χ0v) is 11.8. The Kier molecular flexibility index (Phi) is 4.85. The van der Waals surface area contributed by atoms with Gasteiger partial charge in [-0.3, -0.25) is 0 Å². The Balaban J connectivity index is 2.12. The highest BCUT2D eigenvalue weighted by Crippen LogP contribution is 2.22. The van der Waals surface area contributed by atoms with E-state index in [9.17, 15) is 13.2 Å². The van der Waals surface area contributed by atoms with E-state index < -0.39 is 17.7 Å². The minimum Gasteiger partial charge on any atom is -0.492 e. The first kappa shape index (κ1) is 15.4. The fraction of sp³-hybridized carbons (Fsp3) is 0.250. The number of ether oxygens (including phenoxy) is 1. The Morgan fingerprint density at radius 3 is 2.52 bits per heavy atom. The van der Waals surface area contributed by atoms with Crippen molar-refractivity contribution in [1.82, 2.24) is 5.32 Å². The Bertz CT molecular complexity index is 631. The fourth-order valence-corrected chi connectivity index (χ4v) is 2.00. The first-order valence-corrected chi connectivity index (χ1v) is 6.53. The summed E-state index contributed by atoms with van der Waals surface area (Å²) in [6.07, 6.45) is 0. The van der Waals surface area contributed by atoms with Crippen LogP contribution in [0, 0.1) is 24.4 Å². The van der Waals surface area contributed by atoms with Crippen molar-refractivity contribution in [1.29, 1.82) is 0 Å². The number of nitrogens with one attached hydrogen (secondary N) is 1. The van der Waals surface area contributed by atoms with Crippen molar-refractivity contribution in [2.45, 2.75) is 13.0 Å². The molecule has 0 fully saturated rings. The third-order valence-electron chi connectivity index (χ3n) is 3.25. The molecule has 0 amide bonds. The molecule has 0 aliphatic heterocycles. The topological polar surface area (TPSA) is 21.3 Å². The van der Waals surface area contributed by atoms with E-state index in [-0.39, 0.29) is 18.0 Å². The van der Waals surface area contributed by atoms with E-state index in [0.29, 0.717) is 11.3 Å². The van der Waals surface area contributed by atoms with Gasteiger partial charge < -0.3 is 10.1 Å². The lowest BCUT2D eigenvalue weighted by atomic mass is 10.1. The molecule has 2 aromatic rings. The molecule has 0 bridgehead atoms. The molecule has 0 aliphatic rings. The maximum Gasteiger partial charge on any atom is 0.163 e. The highest BCUT2D eigenvalue weighted by atomic mass is 19.2. The maximum absolute atomic E-state index is 13.8. The summed E-state index contributed by atoms with van der Waals surface area (Å²) < 4.78 is 45.7. The molecule has 2 nitrogen and oxygen atoms in total. The molecular weight excluding hydrogens is 279 g/mol. The quantitative estimate of drug-likeness (QED) is 0.907. The van der Waals surface area contributed by atoms with Crippen LogP contribution in [0.5, 0.6) is 5.75 Å². The summed E-state index contributed by atoms with van der Waals surface area (Å²) in [5, 5.41) is 2.88. The van der Waals surface area contributed by atoms with Crippen LogP contribution in [0.1, 0.15) is 17.2 Å². The summed E-state index contributed by atoms with van der Waals surface area (Å²) in [6, 6.07) is 7.86. The van der Waals surface area contributed by atoms with Gasteiger partial charge in [-0.15, -0.1) is 0 Å². The summed E-state index contributed by atoms with van der Waals surface area (Å²) in [4.78, 5) is 0. The van der Waals surface area contributed by atoms with Gasteiger partial charge in [-0.05, 0) is 43.8 Å². The van der Waals surface area contributed by atoms with Gasteiger partial charge in [0.15, 0.2) is 11.6 Å². The first-order chi connectivity index (χ1) is 10.0. The lowest BCUT2D eigenvalue weighted by Crippen LogP contribution is -2.24. The molecule has 0 aliphatic carbocycles. The zero-order chi connectivity index (χ0) is 15.4. The molecule has 0 aromatic heterocycles. The Morgan fingerprint density at radius 1 is 1.10 bits per heavy atom. The summed E-state index contributed by atoms with van der Waals surface area (Å²) in [7, 11) is 1.63. The van der Waals surface area contributed by atoms with Crippen LogP contribution >= 0.6 is 0 Å². The van der Waals surface area contributed by atoms with Crippen LogP contribution in [0.15, 0.2) is 36.4 Å². The van der Waals surface area contributed by atoms with E-state index in [1.54, 1.807) is 20.0 Å². The van der Waals surface area contributed by atoms with Crippen molar-refractivity contribution in [3.8, 4) is 5.75 Å². The van der Waals surface area contributed by atoms with E-state index >= 15 is 0 Å². The summed E-state index contributed by atoms with van der Waals surface area (Å²) in [6.45, 7) is 1.73. The minimum atomic E-state index is -0.898. The third-order valence-corrected chi connectivity index (χ3v) is 3.25. The van der Waals surface area contributed by atoms with Gasteiger partial charge in [0.25, 0.3) is 0 Å². The number of benzene rings is 2. The highest BCUT2D eigenvalue weighted by molar-refractivity contribution is 5.29. The average molecular weight is 295 g/mol. The van der Waals surface area contributed by atoms with Crippen molar-refractivity contribution in [2.24, 2.45) is 0 Å². The second kappa shape index (κ2) is 6.63. The molecule has 2 rings (SSSR count). The molecule has 1 unspecified atom stereocenters. The van der Waals surface area contributed by atoms with E-state index in [1.165, 1.54) is 24.3 Å². The van der Waals surface area contributed by atoms with Crippen LogP contribution < -0.4 is 10.1 Å². The van der Waals surface area contributed by atoms with Crippen molar-refractivity contribution in [3.63, 3.8) is 0 Å². The molecule has 21 heavy (non-hydrogen) atoms. The molecule has 1 N–H and O–H groups in total. The van der Waals surface area contributed by atoms with Gasteiger partial charge in [0, 0.05) is 5.56 Å². The number of halogens is 3. The fourth-order valence-electron chi connectivity index (χ4n) is 2.00. The number of rotatable bonds is 5. The Hall–Kier alpha value is -2.01. The van der Waals surface area contributed by atoms with Gasteiger partial charge in [-0.1, -0.05) is 12.1 Å². The number of hydrogen-bond donors (Lipinski definition) is 1. The van der Waals surface area contributed by atoms with Gasteiger partial charge in [0.1, 0.15) is 18.2 Å². The predicted molar refractivity (Wildman–Crippen MR) is 74.8 cm³/mol. The van der Waals surface area contributed by atoms with Crippen LogP contribution in [0.3, 0.4) is 0 Å². The van der Waals surface area contributed by atoms with Crippen molar-refractivity contribution >= 4 is 0 Å². The van der Waals surface area contributed by atoms with Crippen LogP contribution in [-0.4, -0.2) is 13.7 Å². The second-order valence-electron chi connectivity index (χ2n) is 4.71. The number of hydrogen-bond acceptors (Lipinski definition) is 2. The first-order valence-electron chi connectivity index (χ1n) is 6.53. The number of aryl methyl sites for hydroxylation is 1. The zero-order valence-electron chi connectivity index (χ0n) is 11.8. The van der Waals surface area contributed by atoms with E-state index in [1.807, 2.05) is 0 Å². The minimum absolute atomic E-state index is 0.0992. The van der Waals surface area contributed by atoms with Gasteiger partial charge >= 0.3 is 0 Å².